The van der Waals surface area contributed by atoms with Gasteiger partial charge in [0.1, 0.15) is 13.2 Å². The van der Waals surface area contributed by atoms with Crippen LogP contribution in [0.4, 0.5) is 0 Å². The first-order valence-corrected chi connectivity index (χ1v) is 28.0. The molecule has 0 rings (SSSR count). The molecule has 0 saturated heterocycles. The van der Waals surface area contributed by atoms with E-state index in [0.29, 0.717) is 19.3 Å². The summed E-state index contributed by atoms with van der Waals surface area (Å²) in [7, 11) is 0. The Morgan fingerprint density at radius 2 is 0.565 bits per heavy atom. The zero-order valence-corrected chi connectivity index (χ0v) is 44.5. The summed E-state index contributed by atoms with van der Waals surface area (Å²) in [5.41, 5.74) is 0. The third-order valence-electron chi connectivity index (χ3n) is 11.4. The highest BCUT2D eigenvalue weighted by atomic mass is 16.6. The highest BCUT2D eigenvalue weighted by Crippen LogP contribution is 2.12. The Morgan fingerprint density at radius 1 is 0.304 bits per heavy atom. The van der Waals surface area contributed by atoms with Gasteiger partial charge in [-0.1, -0.05) is 206 Å². The van der Waals surface area contributed by atoms with Gasteiger partial charge in [0.2, 0.25) is 0 Å². The van der Waals surface area contributed by atoms with Crippen molar-refractivity contribution in [3.8, 4) is 0 Å². The second-order valence-corrected chi connectivity index (χ2v) is 18.1. The van der Waals surface area contributed by atoms with Crippen LogP contribution in [-0.4, -0.2) is 37.2 Å². The molecule has 0 heterocycles. The molecule has 69 heavy (non-hydrogen) atoms. The number of hydrogen-bond donors (Lipinski definition) is 0. The topological polar surface area (TPSA) is 78.9 Å². The molecule has 1 atom stereocenters. The van der Waals surface area contributed by atoms with Crippen LogP contribution in [0.1, 0.15) is 239 Å². The summed E-state index contributed by atoms with van der Waals surface area (Å²) >= 11 is 0. The van der Waals surface area contributed by atoms with Gasteiger partial charge in [0.05, 0.1) is 0 Å². The quantitative estimate of drug-likeness (QED) is 0.0262. The van der Waals surface area contributed by atoms with Crippen LogP contribution < -0.4 is 0 Å². The van der Waals surface area contributed by atoms with E-state index in [1.54, 1.807) is 0 Å². The van der Waals surface area contributed by atoms with Crippen LogP contribution in [0.2, 0.25) is 0 Å². The molecule has 6 nitrogen and oxygen atoms in total. The molecule has 0 aromatic rings. The number of allylic oxidation sites excluding steroid dienone is 20. The normalized spacial score (nSPS) is 13.0. The van der Waals surface area contributed by atoms with E-state index in [2.05, 4.69) is 142 Å². The van der Waals surface area contributed by atoms with Crippen molar-refractivity contribution in [2.24, 2.45) is 0 Å². The fraction of sp³-hybridized carbons (Fsp3) is 0.635. The summed E-state index contributed by atoms with van der Waals surface area (Å²) in [5.74, 6) is -0.986. The van der Waals surface area contributed by atoms with Crippen LogP contribution in [0.15, 0.2) is 122 Å². The van der Waals surface area contributed by atoms with Crippen molar-refractivity contribution in [2.75, 3.05) is 13.2 Å². The summed E-state index contributed by atoms with van der Waals surface area (Å²) in [6.07, 6.45) is 77.5. The number of unbranched alkanes of at least 4 members (excludes halogenated alkanes) is 18. The molecular formula is C63H102O6. The van der Waals surface area contributed by atoms with Crippen LogP contribution >= 0.6 is 0 Å². The Kier molecular flexibility index (Phi) is 53.0. The van der Waals surface area contributed by atoms with E-state index in [1.165, 1.54) is 64.2 Å². The molecule has 390 valence electrons. The molecule has 0 fully saturated rings. The summed E-state index contributed by atoms with van der Waals surface area (Å²) in [6, 6.07) is 0. The third kappa shape index (κ3) is 54.6. The van der Waals surface area contributed by atoms with Gasteiger partial charge >= 0.3 is 17.9 Å². The highest BCUT2D eigenvalue weighted by molar-refractivity contribution is 5.71. The standard InChI is InChI=1S/C63H102O6/c1-4-7-10-13-16-19-22-25-27-29-31-33-35-38-41-44-47-50-53-56-62(65)68-59-60(58-67-61(64)55-52-49-46-43-40-37-24-21-18-15-12-9-6-3)69-63(66)57-54-51-48-45-42-39-36-34-32-30-28-26-23-20-17-14-11-8-5-2/h7,10,16-17,19-21,24-28,31-34,38-39,41-42,60H,4-6,8-9,11-15,18,22-23,29-30,35-37,40,43-59H2,1-3H3/b10-7-,19-16-,20-17-,24-21-,27-25-,28-26-,33-31-,34-32-,41-38-,42-39-/t60-/m0/s1. The molecule has 0 aliphatic heterocycles. The van der Waals surface area contributed by atoms with Crippen molar-refractivity contribution in [2.45, 2.75) is 245 Å². The van der Waals surface area contributed by atoms with Crippen LogP contribution in [0, 0.1) is 0 Å². The van der Waals surface area contributed by atoms with Crippen molar-refractivity contribution < 1.29 is 28.6 Å². The van der Waals surface area contributed by atoms with Crippen molar-refractivity contribution in [3.05, 3.63) is 122 Å². The van der Waals surface area contributed by atoms with Crippen molar-refractivity contribution >= 4 is 17.9 Å². The number of carbonyl (C=O) groups excluding carboxylic acids is 3. The second kappa shape index (κ2) is 56.4. The molecule has 0 aromatic carbocycles. The van der Waals surface area contributed by atoms with E-state index in [9.17, 15) is 14.4 Å². The third-order valence-corrected chi connectivity index (χ3v) is 11.4. The number of carbonyl (C=O) groups is 3. The fourth-order valence-corrected chi connectivity index (χ4v) is 7.21. The van der Waals surface area contributed by atoms with E-state index >= 15 is 0 Å². The SMILES string of the molecule is CC/C=C\C/C=C\C/C=C\C/C=C\C/C=C\CCCCCC(=O)OC[C@H](COC(=O)CCCCCCC/C=C\CCCCCC)OC(=O)CCCCC/C=C\C/C=C\C/C=C\C/C=C\CCCCC. The minimum atomic E-state index is -0.816. The molecule has 0 saturated carbocycles. The number of ether oxygens (including phenoxy) is 3. The Bertz CT molecular complexity index is 1470. The molecule has 0 N–H and O–H groups in total. The monoisotopic (exact) mass is 955 g/mol. The molecule has 0 aromatic heterocycles. The molecule has 0 spiro atoms. The molecule has 0 radical (unpaired) electrons. The zero-order valence-electron chi connectivity index (χ0n) is 44.5. The lowest BCUT2D eigenvalue weighted by molar-refractivity contribution is -0.167. The smallest absolute Gasteiger partial charge is 0.306 e. The highest BCUT2D eigenvalue weighted by Gasteiger charge is 2.19. The van der Waals surface area contributed by atoms with Gasteiger partial charge in [-0.15, -0.1) is 0 Å². The van der Waals surface area contributed by atoms with Crippen LogP contribution in [0.5, 0.6) is 0 Å². The first-order valence-electron chi connectivity index (χ1n) is 28.0. The van der Waals surface area contributed by atoms with Crippen molar-refractivity contribution in [1.29, 1.82) is 0 Å². The lowest BCUT2D eigenvalue weighted by atomic mass is 10.1. The van der Waals surface area contributed by atoms with Crippen LogP contribution in [0.25, 0.3) is 0 Å². The van der Waals surface area contributed by atoms with E-state index < -0.39 is 6.10 Å². The van der Waals surface area contributed by atoms with Gasteiger partial charge in [-0.3, -0.25) is 14.4 Å². The minimum Gasteiger partial charge on any atom is -0.462 e. The lowest BCUT2D eigenvalue weighted by Gasteiger charge is -2.18. The maximum absolute atomic E-state index is 12.8. The minimum absolute atomic E-state index is 0.109. The summed E-state index contributed by atoms with van der Waals surface area (Å²) in [5, 5.41) is 0. The van der Waals surface area contributed by atoms with Crippen molar-refractivity contribution in [3.63, 3.8) is 0 Å². The Labute approximate surface area is 424 Å². The first kappa shape index (κ1) is 64.8. The maximum Gasteiger partial charge on any atom is 0.306 e. The van der Waals surface area contributed by atoms with Crippen LogP contribution in [-0.2, 0) is 28.6 Å². The maximum atomic E-state index is 12.8. The predicted molar refractivity (Wildman–Crippen MR) is 297 cm³/mol. The number of rotatable bonds is 49. The second-order valence-electron chi connectivity index (χ2n) is 18.1. The average Bonchev–Trinajstić information content (AvgIpc) is 3.35. The Morgan fingerprint density at radius 3 is 0.942 bits per heavy atom. The van der Waals surface area contributed by atoms with Gasteiger partial charge in [0.25, 0.3) is 0 Å². The lowest BCUT2D eigenvalue weighted by Crippen LogP contribution is -2.30. The number of hydrogen-bond acceptors (Lipinski definition) is 6. The molecule has 0 amide bonds. The fourth-order valence-electron chi connectivity index (χ4n) is 7.21. The average molecular weight is 956 g/mol. The summed E-state index contributed by atoms with van der Waals surface area (Å²) in [6.45, 7) is 6.41. The molecule has 6 heteroatoms. The van der Waals surface area contributed by atoms with E-state index in [0.717, 1.165) is 128 Å². The van der Waals surface area contributed by atoms with Gasteiger partial charge in [0, 0.05) is 19.3 Å². The van der Waals surface area contributed by atoms with Gasteiger partial charge in [0.15, 0.2) is 6.10 Å². The van der Waals surface area contributed by atoms with Gasteiger partial charge in [-0.05, 0) is 135 Å². The van der Waals surface area contributed by atoms with E-state index in [-0.39, 0.29) is 37.5 Å². The first-order chi connectivity index (χ1) is 34.0. The van der Waals surface area contributed by atoms with Gasteiger partial charge < -0.3 is 14.2 Å². The number of esters is 3. The summed E-state index contributed by atoms with van der Waals surface area (Å²) in [4.78, 5) is 38.1. The predicted octanol–water partition coefficient (Wildman–Crippen LogP) is 18.9. The Balaban J connectivity index is 4.53. The van der Waals surface area contributed by atoms with E-state index in [1.807, 2.05) is 0 Å². The van der Waals surface area contributed by atoms with Crippen molar-refractivity contribution in [1.82, 2.24) is 0 Å². The van der Waals surface area contributed by atoms with E-state index in [4.69, 9.17) is 14.2 Å². The molecule has 0 aliphatic rings. The zero-order chi connectivity index (χ0) is 50.0. The van der Waals surface area contributed by atoms with Gasteiger partial charge in [-0.25, -0.2) is 0 Å². The molecule has 0 bridgehead atoms. The molecule has 0 aliphatic carbocycles. The Hall–Kier alpha value is -4.19. The largest absolute Gasteiger partial charge is 0.462 e. The van der Waals surface area contributed by atoms with Gasteiger partial charge in [-0.2, -0.15) is 0 Å². The van der Waals surface area contributed by atoms with Crippen LogP contribution in [0.3, 0.4) is 0 Å². The molecule has 0 unspecified atom stereocenters. The summed E-state index contributed by atoms with van der Waals surface area (Å²) < 4.78 is 16.8. The molecular weight excluding hydrogens is 853 g/mol.